The molecule has 1 aliphatic rings. The van der Waals surface area contributed by atoms with Crippen LogP contribution in [-0.4, -0.2) is 35.4 Å². The van der Waals surface area contributed by atoms with Gasteiger partial charge in [0.05, 0.1) is 0 Å². The maximum Gasteiger partial charge on any atom is 0.254 e. The van der Waals surface area contributed by atoms with Gasteiger partial charge in [-0.2, -0.15) is 0 Å². The summed E-state index contributed by atoms with van der Waals surface area (Å²) in [6.45, 7) is 6.71. The molecule has 0 spiro atoms. The fourth-order valence-corrected chi connectivity index (χ4v) is 2.44. The Morgan fingerprint density at radius 3 is 2.85 bits per heavy atom. The number of rotatable bonds is 7. The number of amides is 1. The van der Waals surface area contributed by atoms with E-state index >= 15 is 0 Å². The Bertz CT molecular complexity index is 443. The fraction of sp³-hybridized carbons (Fsp3) is 0.625. The zero-order valence-corrected chi connectivity index (χ0v) is 12.6. The summed E-state index contributed by atoms with van der Waals surface area (Å²) in [5.74, 6) is 1.62. The smallest absolute Gasteiger partial charge is 0.254 e. The number of hydrogen-bond donors (Lipinski definition) is 1. The quantitative estimate of drug-likeness (QED) is 0.831. The van der Waals surface area contributed by atoms with Crippen molar-refractivity contribution in [1.82, 2.24) is 9.88 Å². The van der Waals surface area contributed by atoms with Gasteiger partial charge in [-0.25, -0.2) is 4.98 Å². The van der Waals surface area contributed by atoms with Gasteiger partial charge >= 0.3 is 0 Å². The molecule has 1 aliphatic carbocycles. The second-order valence-electron chi connectivity index (χ2n) is 5.50. The maximum absolute atomic E-state index is 12.5. The van der Waals surface area contributed by atoms with Gasteiger partial charge in [0.2, 0.25) is 0 Å². The average molecular weight is 275 g/mol. The first-order valence-electron chi connectivity index (χ1n) is 7.73. The molecule has 0 aliphatic heterocycles. The van der Waals surface area contributed by atoms with Gasteiger partial charge in [0.15, 0.2) is 0 Å². The number of nitrogens with one attached hydrogen (secondary N) is 1. The third-order valence-corrected chi connectivity index (χ3v) is 3.94. The minimum atomic E-state index is 0.126. The highest BCUT2D eigenvalue weighted by Gasteiger charge is 2.23. The SMILES string of the molecule is CCCNc1cc(C(=O)N(CC)CC2CCC2)ccn1. The van der Waals surface area contributed by atoms with Gasteiger partial charge in [0.25, 0.3) is 5.91 Å². The van der Waals surface area contributed by atoms with Gasteiger partial charge < -0.3 is 10.2 Å². The Labute approximate surface area is 121 Å². The lowest BCUT2D eigenvalue weighted by Crippen LogP contribution is -2.37. The number of carbonyl (C=O) groups excluding carboxylic acids is 1. The molecule has 0 unspecified atom stereocenters. The van der Waals surface area contributed by atoms with Crippen LogP contribution in [0.1, 0.15) is 49.9 Å². The molecule has 0 atom stereocenters. The van der Waals surface area contributed by atoms with E-state index in [-0.39, 0.29) is 5.91 Å². The molecule has 1 N–H and O–H groups in total. The zero-order chi connectivity index (χ0) is 14.4. The van der Waals surface area contributed by atoms with E-state index in [9.17, 15) is 4.79 Å². The van der Waals surface area contributed by atoms with Crippen molar-refractivity contribution in [2.45, 2.75) is 39.5 Å². The normalized spacial score (nSPS) is 14.7. The van der Waals surface area contributed by atoms with Gasteiger partial charge in [0.1, 0.15) is 5.82 Å². The van der Waals surface area contributed by atoms with Crippen molar-refractivity contribution < 1.29 is 4.79 Å². The molecule has 110 valence electrons. The molecule has 1 saturated carbocycles. The lowest BCUT2D eigenvalue weighted by molar-refractivity contribution is 0.0706. The van der Waals surface area contributed by atoms with Crippen molar-refractivity contribution in [1.29, 1.82) is 0 Å². The first-order valence-corrected chi connectivity index (χ1v) is 7.73. The third-order valence-electron chi connectivity index (χ3n) is 3.94. The molecule has 0 saturated heterocycles. The summed E-state index contributed by atoms with van der Waals surface area (Å²) in [5, 5.41) is 3.23. The maximum atomic E-state index is 12.5. The van der Waals surface area contributed by atoms with Crippen LogP contribution in [0.2, 0.25) is 0 Å². The molecule has 1 fully saturated rings. The van der Waals surface area contributed by atoms with Crippen molar-refractivity contribution >= 4 is 11.7 Å². The summed E-state index contributed by atoms with van der Waals surface area (Å²) >= 11 is 0. The van der Waals surface area contributed by atoms with Crippen LogP contribution in [0, 0.1) is 5.92 Å². The lowest BCUT2D eigenvalue weighted by Gasteiger charge is -2.31. The Morgan fingerprint density at radius 1 is 1.45 bits per heavy atom. The van der Waals surface area contributed by atoms with E-state index in [2.05, 4.69) is 17.2 Å². The Balaban J connectivity index is 2.01. The standard InChI is InChI=1S/C16H25N3O/c1-3-9-17-15-11-14(8-10-18-15)16(20)19(4-2)12-13-6-5-7-13/h8,10-11,13H,3-7,9,12H2,1-2H3,(H,17,18). The number of hydrogen-bond acceptors (Lipinski definition) is 3. The topological polar surface area (TPSA) is 45.2 Å². The molecule has 0 radical (unpaired) electrons. The van der Waals surface area contributed by atoms with Crippen LogP contribution in [-0.2, 0) is 0 Å². The molecule has 1 aromatic heterocycles. The van der Waals surface area contributed by atoms with E-state index in [1.807, 2.05) is 24.0 Å². The van der Waals surface area contributed by atoms with Gasteiger partial charge in [0, 0.05) is 31.4 Å². The number of pyridine rings is 1. The second kappa shape index (κ2) is 7.27. The van der Waals surface area contributed by atoms with Crippen LogP contribution in [0.15, 0.2) is 18.3 Å². The predicted molar refractivity (Wildman–Crippen MR) is 81.9 cm³/mol. The van der Waals surface area contributed by atoms with Crippen LogP contribution >= 0.6 is 0 Å². The minimum absolute atomic E-state index is 0.126. The summed E-state index contributed by atoms with van der Waals surface area (Å²) in [5.41, 5.74) is 0.736. The van der Waals surface area contributed by atoms with E-state index in [1.165, 1.54) is 19.3 Å². The molecule has 1 aromatic rings. The van der Waals surface area contributed by atoms with E-state index < -0.39 is 0 Å². The first kappa shape index (κ1) is 14.8. The molecule has 1 amide bonds. The summed E-state index contributed by atoms with van der Waals surface area (Å²) in [7, 11) is 0. The summed E-state index contributed by atoms with van der Waals surface area (Å²) in [4.78, 5) is 18.8. The van der Waals surface area contributed by atoms with Crippen LogP contribution in [0.4, 0.5) is 5.82 Å². The van der Waals surface area contributed by atoms with E-state index in [4.69, 9.17) is 0 Å². The van der Waals surface area contributed by atoms with Crippen LogP contribution in [0.5, 0.6) is 0 Å². The van der Waals surface area contributed by atoms with E-state index in [1.54, 1.807) is 6.20 Å². The van der Waals surface area contributed by atoms with Crippen molar-refractivity contribution in [2.24, 2.45) is 5.92 Å². The van der Waals surface area contributed by atoms with E-state index in [0.717, 1.165) is 37.4 Å². The summed E-state index contributed by atoms with van der Waals surface area (Å²) in [6, 6.07) is 3.67. The molecule has 2 rings (SSSR count). The van der Waals surface area contributed by atoms with Crippen LogP contribution < -0.4 is 5.32 Å². The monoisotopic (exact) mass is 275 g/mol. The minimum Gasteiger partial charge on any atom is -0.370 e. The Hall–Kier alpha value is -1.58. The molecular formula is C16H25N3O. The third kappa shape index (κ3) is 3.71. The van der Waals surface area contributed by atoms with Crippen molar-refractivity contribution in [3.63, 3.8) is 0 Å². The number of nitrogens with zero attached hydrogens (tertiary/aromatic N) is 2. The van der Waals surface area contributed by atoms with Crippen molar-refractivity contribution in [3.8, 4) is 0 Å². The molecule has 0 bridgehead atoms. The van der Waals surface area contributed by atoms with Crippen molar-refractivity contribution in [3.05, 3.63) is 23.9 Å². The summed E-state index contributed by atoms with van der Waals surface area (Å²) < 4.78 is 0. The highest BCUT2D eigenvalue weighted by Crippen LogP contribution is 2.27. The first-order chi connectivity index (χ1) is 9.74. The fourth-order valence-electron chi connectivity index (χ4n) is 2.44. The van der Waals surface area contributed by atoms with E-state index in [0.29, 0.717) is 5.92 Å². The molecule has 4 nitrogen and oxygen atoms in total. The largest absolute Gasteiger partial charge is 0.370 e. The van der Waals surface area contributed by atoms with Gasteiger partial charge in [-0.1, -0.05) is 13.3 Å². The number of carbonyl (C=O) groups is 1. The number of anilines is 1. The molecular weight excluding hydrogens is 250 g/mol. The van der Waals surface area contributed by atoms with Crippen LogP contribution in [0.25, 0.3) is 0 Å². The molecule has 4 heteroatoms. The second-order valence-corrected chi connectivity index (χ2v) is 5.50. The average Bonchev–Trinajstić information content (AvgIpc) is 2.44. The Kier molecular flexibility index (Phi) is 5.39. The number of aromatic nitrogens is 1. The van der Waals surface area contributed by atoms with Gasteiger partial charge in [-0.05, 0) is 44.2 Å². The Morgan fingerprint density at radius 2 is 2.25 bits per heavy atom. The highest BCUT2D eigenvalue weighted by molar-refractivity contribution is 5.94. The van der Waals surface area contributed by atoms with Gasteiger partial charge in [-0.15, -0.1) is 0 Å². The van der Waals surface area contributed by atoms with Gasteiger partial charge in [-0.3, -0.25) is 4.79 Å². The lowest BCUT2D eigenvalue weighted by atomic mass is 9.85. The molecule has 1 heterocycles. The zero-order valence-electron chi connectivity index (χ0n) is 12.6. The summed E-state index contributed by atoms with van der Waals surface area (Å²) in [6.07, 6.45) is 6.61. The highest BCUT2D eigenvalue weighted by atomic mass is 16.2. The van der Waals surface area contributed by atoms with Crippen molar-refractivity contribution in [2.75, 3.05) is 25.0 Å². The predicted octanol–water partition coefficient (Wildman–Crippen LogP) is 3.17. The molecule has 0 aromatic carbocycles. The molecule has 20 heavy (non-hydrogen) atoms. The van der Waals surface area contributed by atoms with Crippen LogP contribution in [0.3, 0.4) is 0 Å².